The molecule has 3 aromatic carbocycles. The third-order valence-electron chi connectivity index (χ3n) is 6.33. The van der Waals surface area contributed by atoms with Crippen molar-refractivity contribution in [2.75, 3.05) is 21.3 Å². The van der Waals surface area contributed by atoms with Gasteiger partial charge in [-0.05, 0) is 11.1 Å². The van der Waals surface area contributed by atoms with E-state index in [0.29, 0.717) is 29.2 Å². The van der Waals surface area contributed by atoms with Crippen molar-refractivity contribution in [1.29, 1.82) is 0 Å². The summed E-state index contributed by atoms with van der Waals surface area (Å²) in [5.41, 5.74) is 1.34. The van der Waals surface area contributed by atoms with Gasteiger partial charge in [-0.15, -0.1) is 0 Å². The highest BCUT2D eigenvalue weighted by Crippen LogP contribution is 2.42. The van der Waals surface area contributed by atoms with E-state index in [1.54, 1.807) is 38.4 Å². The van der Waals surface area contributed by atoms with E-state index in [9.17, 15) is 9.59 Å². The number of carbonyl (C=O) groups is 2. The van der Waals surface area contributed by atoms with Crippen LogP contribution in [0.3, 0.4) is 0 Å². The molecule has 1 unspecified atom stereocenters. The van der Waals surface area contributed by atoms with E-state index in [-0.39, 0.29) is 25.5 Å². The monoisotopic (exact) mass is 475 g/mol. The zero-order chi connectivity index (χ0) is 24.8. The summed E-state index contributed by atoms with van der Waals surface area (Å²) < 4.78 is 22.2. The lowest BCUT2D eigenvalue weighted by Crippen LogP contribution is -2.68. The molecule has 0 saturated carbocycles. The summed E-state index contributed by atoms with van der Waals surface area (Å²) in [6.07, 6.45) is 0.407. The van der Waals surface area contributed by atoms with Crippen LogP contribution in [0.4, 0.5) is 0 Å². The molecular formula is C28H29NO6. The fourth-order valence-electron chi connectivity index (χ4n) is 4.42. The Morgan fingerprint density at radius 1 is 0.857 bits per heavy atom. The van der Waals surface area contributed by atoms with Gasteiger partial charge in [0.2, 0.25) is 5.91 Å². The molecule has 1 atom stereocenters. The zero-order valence-corrected chi connectivity index (χ0v) is 20.2. The average molecular weight is 476 g/mol. The number of carbonyl (C=O) groups excluding carboxylic acids is 2. The van der Waals surface area contributed by atoms with Crippen LogP contribution in [0.2, 0.25) is 0 Å². The number of hydrogen-bond donors (Lipinski definition) is 0. The first-order valence-electron chi connectivity index (χ1n) is 11.3. The maximum absolute atomic E-state index is 13.6. The minimum absolute atomic E-state index is 0.0658. The minimum atomic E-state index is -1.14. The summed E-state index contributed by atoms with van der Waals surface area (Å²) in [6.45, 7) is 0.260. The molecule has 1 fully saturated rings. The number of benzene rings is 3. The molecule has 0 spiro atoms. The molecule has 1 aliphatic rings. The van der Waals surface area contributed by atoms with Crippen LogP contribution < -0.4 is 14.2 Å². The molecule has 7 nitrogen and oxygen atoms in total. The summed E-state index contributed by atoms with van der Waals surface area (Å²) >= 11 is 0. The Morgan fingerprint density at radius 2 is 1.43 bits per heavy atom. The molecule has 0 aliphatic carbocycles. The van der Waals surface area contributed by atoms with Gasteiger partial charge in [0, 0.05) is 18.6 Å². The molecule has 4 rings (SSSR count). The first-order valence-corrected chi connectivity index (χ1v) is 11.3. The highest BCUT2D eigenvalue weighted by Gasteiger charge is 2.57. The molecular weight excluding hydrogens is 446 g/mol. The van der Waals surface area contributed by atoms with E-state index < -0.39 is 11.5 Å². The van der Waals surface area contributed by atoms with Gasteiger partial charge in [-0.25, -0.2) is 4.79 Å². The summed E-state index contributed by atoms with van der Waals surface area (Å²) in [5, 5.41) is 0. The summed E-state index contributed by atoms with van der Waals surface area (Å²) in [6, 6.07) is 22.6. The van der Waals surface area contributed by atoms with Gasteiger partial charge in [-0.2, -0.15) is 0 Å². The molecule has 0 aromatic heterocycles. The summed E-state index contributed by atoms with van der Waals surface area (Å²) in [5.74, 6) is 1.00. The Balaban J connectivity index is 1.67. The maximum Gasteiger partial charge on any atom is 0.333 e. The van der Waals surface area contributed by atoms with Crippen LogP contribution in [0.1, 0.15) is 23.1 Å². The Labute approximate surface area is 205 Å². The second-order valence-corrected chi connectivity index (χ2v) is 8.42. The number of ether oxygens (including phenoxy) is 4. The quantitative estimate of drug-likeness (QED) is 0.324. The minimum Gasteiger partial charge on any atom is -0.496 e. The van der Waals surface area contributed by atoms with Crippen molar-refractivity contribution < 1.29 is 28.5 Å². The van der Waals surface area contributed by atoms with Crippen molar-refractivity contribution in [1.82, 2.24) is 4.90 Å². The van der Waals surface area contributed by atoms with Gasteiger partial charge in [0.15, 0.2) is 5.54 Å². The van der Waals surface area contributed by atoms with Crippen LogP contribution in [-0.2, 0) is 33.9 Å². The fourth-order valence-corrected chi connectivity index (χ4v) is 4.42. The Bertz CT molecular complexity index is 1160. The first-order chi connectivity index (χ1) is 17.0. The van der Waals surface area contributed by atoms with Crippen molar-refractivity contribution in [2.24, 2.45) is 0 Å². The molecule has 1 saturated heterocycles. The summed E-state index contributed by atoms with van der Waals surface area (Å²) in [7, 11) is 4.64. The van der Waals surface area contributed by atoms with Crippen molar-refractivity contribution in [3.05, 3.63) is 89.5 Å². The van der Waals surface area contributed by atoms with Gasteiger partial charge in [0.1, 0.15) is 23.9 Å². The van der Waals surface area contributed by atoms with Crippen molar-refractivity contribution >= 4 is 11.9 Å². The van der Waals surface area contributed by atoms with Crippen LogP contribution in [-0.4, -0.2) is 43.6 Å². The second-order valence-electron chi connectivity index (χ2n) is 8.42. The number of nitrogens with zero attached hydrogens (tertiary/aromatic N) is 1. The van der Waals surface area contributed by atoms with Gasteiger partial charge in [-0.1, -0.05) is 60.7 Å². The second kappa shape index (κ2) is 10.5. The fraction of sp³-hybridized carbons (Fsp3) is 0.286. The van der Waals surface area contributed by atoms with Crippen LogP contribution in [0.5, 0.6) is 17.2 Å². The average Bonchev–Trinajstić information content (AvgIpc) is 2.90. The van der Waals surface area contributed by atoms with E-state index in [2.05, 4.69) is 0 Å². The highest BCUT2D eigenvalue weighted by atomic mass is 16.5. The number of amides is 1. The Kier molecular flexibility index (Phi) is 7.25. The molecule has 0 bridgehead atoms. The summed E-state index contributed by atoms with van der Waals surface area (Å²) in [4.78, 5) is 28.1. The van der Waals surface area contributed by atoms with E-state index in [0.717, 1.165) is 11.1 Å². The van der Waals surface area contributed by atoms with Gasteiger partial charge in [0.05, 0.1) is 39.9 Å². The molecule has 35 heavy (non-hydrogen) atoms. The van der Waals surface area contributed by atoms with Crippen molar-refractivity contribution in [2.45, 2.75) is 31.5 Å². The third kappa shape index (κ3) is 4.94. The number of rotatable bonds is 10. The van der Waals surface area contributed by atoms with E-state index in [1.165, 1.54) is 0 Å². The molecule has 1 heterocycles. The van der Waals surface area contributed by atoms with E-state index in [4.69, 9.17) is 18.9 Å². The zero-order valence-electron chi connectivity index (χ0n) is 20.2. The number of likely N-dealkylation sites (tertiary alicyclic amines) is 1. The molecule has 1 aliphatic heterocycles. The van der Waals surface area contributed by atoms with E-state index in [1.807, 2.05) is 60.7 Å². The van der Waals surface area contributed by atoms with Gasteiger partial charge >= 0.3 is 5.97 Å². The molecule has 182 valence electrons. The number of hydrogen-bond acceptors (Lipinski definition) is 6. The molecule has 0 radical (unpaired) electrons. The standard InChI is InChI=1S/C28H29NO6/c1-32-22-14-24(33-2)23(25(15-22)34-3)18-29-26(30)17-28(29,16-20-10-6-4-7-11-20)27(31)35-19-21-12-8-5-9-13-21/h4-15H,16-19H2,1-3H3. The van der Waals surface area contributed by atoms with Crippen LogP contribution in [0.25, 0.3) is 0 Å². The number of β-lactam (4-membered cyclic amide) rings is 1. The molecule has 3 aromatic rings. The number of methoxy groups -OCH3 is 3. The molecule has 7 heteroatoms. The maximum atomic E-state index is 13.6. The lowest BCUT2D eigenvalue weighted by atomic mass is 9.78. The van der Waals surface area contributed by atoms with Crippen LogP contribution in [0, 0.1) is 0 Å². The van der Waals surface area contributed by atoms with E-state index >= 15 is 0 Å². The molecule has 0 N–H and O–H groups in total. The number of esters is 1. The third-order valence-corrected chi connectivity index (χ3v) is 6.33. The van der Waals surface area contributed by atoms with Gasteiger partial charge in [0.25, 0.3) is 0 Å². The van der Waals surface area contributed by atoms with Gasteiger partial charge < -0.3 is 23.8 Å². The predicted molar refractivity (Wildman–Crippen MR) is 130 cm³/mol. The SMILES string of the molecule is COc1cc(OC)c(CN2C(=O)CC2(Cc2ccccc2)C(=O)OCc2ccccc2)c(OC)c1. The lowest BCUT2D eigenvalue weighted by Gasteiger charge is -2.50. The molecule has 1 amide bonds. The van der Waals surface area contributed by atoms with Crippen LogP contribution in [0.15, 0.2) is 72.8 Å². The smallest absolute Gasteiger partial charge is 0.333 e. The van der Waals surface area contributed by atoms with Crippen molar-refractivity contribution in [3.63, 3.8) is 0 Å². The lowest BCUT2D eigenvalue weighted by molar-refractivity contribution is -0.182. The largest absolute Gasteiger partial charge is 0.496 e. The Morgan fingerprint density at radius 3 is 1.94 bits per heavy atom. The van der Waals surface area contributed by atoms with Crippen LogP contribution >= 0.6 is 0 Å². The topological polar surface area (TPSA) is 74.3 Å². The van der Waals surface area contributed by atoms with Gasteiger partial charge in [-0.3, -0.25) is 4.79 Å². The Hall–Kier alpha value is -4.00. The highest BCUT2D eigenvalue weighted by molar-refractivity contribution is 5.99. The predicted octanol–water partition coefficient (Wildman–Crippen LogP) is 4.17. The van der Waals surface area contributed by atoms with Crippen molar-refractivity contribution in [3.8, 4) is 17.2 Å². The normalized spacial score (nSPS) is 16.9. The first kappa shape index (κ1) is 24.1.